The minimum atomic E-state index is 0.155. The zero-order valence-electron chi connectivity index (χ0n) is 6.46. The number of phenolic OH excluding ortho intramolecular Hbond substituents is 1. The molecule has 1 N–H and O–H groups in total. The van der Waals surface area contributed by atoms with Crippen LogP contribution in [0.1, 0.15) is 5.56 Å². The van der Waals surface area contributed by atoms with Gasteiger partial charge in [-0.05, 0) is 24.6 Å². The molecule has 0 atom stereocenters. The largest absolute Gasteiger partial charge is 0.504 e. The molecule has 1 aromatic carbocycles. The fourth-order valence-electron chi connectivity index (χ4n) is 0.826. The lowest BCUT2D eigenvalue weighted by atomic mass is 10.2. The first-order valence-electron chi connectivity index (χ1n) is 3.21. The standard InChI is InChI=1S/C8H10O2S/c1-5-3-6(9)7(10-2)4-8(5)11/h3-4,9,11H,1-2H3. The Hall–Kier alpha value is -0.830. The smallest absolute Gasteiger partial charge is 0.161 e. The van der Waals surface area contributed by atoms with E-state index in [2.05, 4.69) is 12.6 Å². The number of thiol groups is 1. The SMILES string of the molecule is COc1cc(S)c(C)cc1O. The molecule has 0 fully saturated rings. The van der Waals surface area contributed by atoms with Crippen molar-refractivity contribution >= 4 is 12.6 Å². The lowest BCUT2D eigenvalue weighted by molar-refractivity contribution is 0.372. The summed E-state index contributed by atoms with van der Waals surface area (Å²) in [5, 5.41) is 9.26. The summed E-state index contributed by atoms with van der Waals surface area (Å²) in [7, 11) is 1.51. The molecule has 60 valence electrons. The van der Waals surface area contributed by atoms with E-state index < -0.39 is 0 Å². The molecule has 1 rings (SSSR count). The first-order valence-corrected chi connectivity index (χ1v) is 3.66. The summed E-state index contributed by atoms with van der Waals surface area (Å²) in [6.07, 6.45) is 0. The summed E-state index contributed by atoms with van der Waals surface area (Å²) in [6.45, 7) is 1.88. The second kappa shape index (κ2) is 3.05. The Labute approximate surface area is 71.2 Å². The molecule has 1 aromatic rings. The number of aryl methyl sites for hydroxylation is 1. The van der Waals surface area contributed by atoms with Crippen LogP contribution in [0.2, 0.25) is 0 Å². The topological polar surface area (TPSA) is 29.5 Å². The first kappa shape index (κ1) is 8.27. The lowest BCUT2D eigenvalue weighted by Gasteiger charge is -2.05. The van der Waals surface area contributed by atoms with Crippen LogP contribution in [0.15, 0.2) is 17.0 Å². The minimum absolute atomic E-state index is 0.155. The number of ether oxygens (including phenoxy) is 1. The zero-order chi connectivity index (χ0) is 8.43. The van der Waals surface area contributed by atoms with Crippen LogP contribution in [-0.2, 0) is 0 Å². The number of aromatic hydroxyl groups is 1. The molecule has 0 amide bonds. The van der Waals surface area contributed by atoms with E-state index in [1.54, 1.807) is 12.1 Å². The third-order valence-corrected chi connectivity index (χ3v) is 1.98. The van der Waals surface area contributed by atoms with Gasteiger partial charge in [0.05, 0.1) is 7.11 Å². The number of rotatable bonds is 1. The average Bonchev–Trinajstić information content (AvgIpc) is 1.97. The van der Waals surface area contributed by atoms with Gasteiger partial charge in [0.15, 0.2) is 11.5 Å². The van der Waals surface area contributed by atoms with Crippen molar-refractivity contribution in [3.05, 3.63) is 17.7 Å². The molecule has 0 aliphatic carbocycles. The predicted octanol–water partition coefficient (Wildman–Crippen LogP) is 2.00. The van der Waals surface area contributed by atoms with Gasteiger partial charge >= 0.3 is 0 Å². The van der Waals surface area contributed by atoms with Gasteiger partial charge in [-0.15, -0.1) is 12.6 Å². The van der Waals surface area contributed by atoms with E-state index >= 15 is 0 Å². The van der Waals surface area contributed by atoms with Crippen molar-refractivity contribution in [3.8, 4) is 11.5 Å². The zero-order valence-corrected chi connectivity index (χ0v) is 7.35. The molecular formula is C8H10O2S. The number of hydrogen-bond acceptors (Lipinski definition) is 3. The average molecular weight is 170 g/mol. The normalized spacial score (nSPS) is 9.73. The van der Waals surface area contributed by atoms with Crippen LogP contribution in [0.4, 0.5) is 0 Å². The maximum absolute atomic E-state index is 9.26. The fourth-order valence-corrected chi connectivity index (χ4v) is 1.01. The van der Waals surface area contributed by atoms with Crippen molar-refractivity contribution in [1.82, 2.24) is 0 Å². The van der Waals surface area contributed by atoms with Crippen LogP contribution in [-0.4, -0.2) is 12.2 Å². The van der Waals surface area contributed by atoms with Crippen molar-refractivity contribution in [2.24, 2.45) is 0 Å². The summed E-state index contributed by atoms with van der Waals surface area (Å²) in [5.74, 6) is 0.614. The van der Waals surface area contributed by atoms with Gasteiger partial charge in [-0.1, -0.05) is 0 Å². The van der Waals surface area contributed by atoms with Crippen LogP contribution in [0, 0.1) is 6.92 Å². The first-order chi connectivity index (χ1) is 5.15. The highest BCUT2D eigenvalue weighted by Gasteiger charge is 2.03. The van der Waals surface area contributed by atoms with Gasteiger partial charge in [-0.25, -0.2) is 0 Å². The maximum Gasteiger partial charge on any atom is 0.161 e. The van der Waals surface area contributed by atoms with E-state index in [1.165, 1.54) is 7.11 Å². The second-order valence-corrected chi connectivity index (χ2v) is 2.79. The van der Waals surface area contributed by atoms with E-state index in [1.807, 2.05) is 6.92 Å². The highest BCUT2D eigenvalue weighted by Crippen LogP contribution is 2.30. The molecule has 0 unspecified atom stereocenters. The summed E-state index contributed by atoms with van der Waals surface area (Å²) < 4.78 is 4.88. The monoisotopic (exact) mass is 170 g/mol. The highest BCUT2D eigenvalue weighted by molar-refractivity contribution is 7.80. The summed E-state index contributed by atoms with van der Waals surface area (Å²) in [5.41, 5.74) is 0.937. The molecule has 0 aliphatic heterocycles. The van der Waals surface area contributed by atoms with Crippen LogP contribution in [0.3, 0.4) is 0 Å². The molecule has 11 heavy (non-hydrogen) atoms. The van der Waals surface area contributed by atoms with Crippen molar-refractivity contribution in [3.63, 3.8) is 0 Å². The van der Waals surface area contributed by atoms with Gasteiger partial charge in [-0.2, -0.15) is 0 Å². The van der Waals surface area contributed by atoms with E-state index in [0.29, 0.717) is 5.75 Å². The van der Waals surface area contributed by atoms with Crippen LogP contribution in [0.5, 0.6) is 11.5 Å². The van der Waals surface area contributed by atoms with Gasteiger partial charge in [0, 0.05) is 4.90 Å². The van der Waals surface area contributed by atoms with Gasteiger partial charge < -0.3 is 9.84 Å². The predicted molar refractivity (Wildman–Crippen MR) is 46.6 cm³/mol. The molecule has 0 bridgehead atoms. The summed E-state index contributed by atoms with van der Waals surface area (Å²) >= 11 is 4.18. The molecule has 0 radical (unpaired) electrons. The molecule has 0 saturated heterocycles. The molecule has 0 aliphatic rings. The van der Waals surface area contributed by atoms with Gasteiger partial charge in [0.1, 0.15) is 0 Å². The molecule has 0 aromatic heterocycles. The molecule has 3 heteroatoms. The number of hydrogen-bond donors (Lipinski definition) is 2. The lowest BCUT2D eigenvalue weighted by Crippen LogP contribution is -1.85. The van der Waals surface area contributed by atoms with Crippen LogP contribution >= 0.6 is 12.6 Å². The van der Waals surface area contributed by atoms with Crippen molar-refractivity contribution in [2.45, 2.75) is 11.8 Å². The third-order valence-electron chi connectivity index (χ3n) is 1.50. The van der Waals surface area contributed by atoms with Crippen molar-refractivity contribution in [1.29, 1.82) is 0 Å². The molecule has 0 heterocycles. The molecular weight excluding hydrogens is 160 g/mol. The van der Waals surface area contributed by atoms with Crippen LogP contribution < -0.4 is 4.74 Å². The molecule has 0 saturated carbocycles. The Morgan fingerprint density at radius 2 is 2.09 bits per heavy atom. The second-order valence-electron chi connectivity index (χ2n) is 2.31. The van der Waals surface area contributed by atoms with E-state index in [0.717, 1.165) is 10.5 Å². The Morgan fingerprint density at radius 3 is 2.64 bits per heavy atom. The Balaban J connectivity index is 3.21. The highest BCUT2D eigenvalue weighted by atomic mass is 32.1. The van der Waals surface area contributed by atoms with Crippen molar-refractivity contribution < 1.29 is 9.84 Å². The van der Waals surface area contributed by atoms with Crippen LogP contribution in [0.25, 0.3) is 0 Å². The summed E-state index contributed by atoms with van der Waals surface area (Å²) in [6, 6.07) is 3.31. The number of methoxy groups -OCH3 is 1. The quantitative estimate of drug-likeness (QED) is 0.631. The Bertz CT molecular complexity index is 271. The molecule has 2 nitrogen and oxygen atoms in total. The van der Waals surface area contributed by atoms with Crippen molar-refractivity contribution in [2.75, 3.05) is 7.11 Å². The molecule has 0 spiro atoms. The Morgan fingerprint density at radius 1 is 1.45 bits per heavy atom. The third kappa shape index (κ3) is 1.60. The van der Waals surface area contributed by atoms with E-state index in [-0.39, 0.29) is 5.75 Å². The summed E-state index contributed by atoms with van der Waals surface area (Å²) in [4.78, 5) is 0.819. The number of benzene rings is 1. The maximum atomic E-state index is 9.26. The van der Waals surface area contributed by atoms with E-state index in [9.17, 15) is 5.11 Å². The number of phenols is 1. The van der Waals surface area contributed by atoms with Gasteiger partial charge in [-0.3, -0.25) is 0 Å². The minimum Gasteiger partial charge on any atom is -0.504 e. The van der Waals surface area contributed by atoms with Gasteiger partial charge in [0.25, 0.3) is 0 Å². The fraction of sp³-hybridized carbons (Fsp3) is 0.250. The van der Waals surface area contributed by atoms with E-state index in [4.69, 9.17) is 4.74 Å². The van der Waals surface area contributed by atoms with Gasteiger partial charge in [0.2, 0.25) is 0 Å². The Kier molecular flexibility index (Phi) is 2.29.